The Morgan fingerprint density at radius 2 is 1.95 bits per heavy atom. The second-order valence-electron chi connectivity index (χ2n) is 4.34. The van der Waals surface area contributed by atoms with Crippen LogP contribution in [0.1, 0.15) is 15.9 Å². The van der Waals surface area contributed by atoms with Gasteiger partial charge in [-0.15, -0.1) is 0 Å². The predicted octanol–water partition coefficient (Wildman–Crippen LogP) is 5.11. The lowest BCUT2D eigenvalue weighted by Gasteiger charge is -2.03. The van der Waals surface area contributed by atoms with Gasteiger partial charge in [-0.3, -0.25) is 4.79 Å². The maximum Gasteiger partial charge on any atom is 0.187 e. The molecule has 2 aromatic rings. The summed E-state index contributed by atoms with van der Waals surface area (Å²) >= 11 is 11.8. The largest absolute Gasteiger partial charge is 0.360 e. The molecule has 20 heavy (non-hydrogen) atoms. The molecule has 0 bridgehead atoms. The minimum atomic E-state index is -0.0636. The molecule has 102 valence electrons. The van der Waals surface area contributed by atoms with Gasteiger partial charge >= 0.3 is 0 Å². The van der Waals surface area contributed by atoms with E-state index in [1.54, 1.807) is 30.5 Å². The minimum absolute atomic E-state index is 0.0636. The summed E-state index contributed by atoms with van der Waals surface area (Å²) in [6.07, 6.45) is 3.04. The number of hydrogen-bond acceptors (Lipinski definition) is 2. The van der Waals surface area contributed by atoms with Crippen molar-refractivity contribution >= 4 is 34.7 Å². The smallest absolute Gasteiger partial charge is 0.187 e. The van der Waals surface area contributed by atoms with E-state index in [4.69, 9.17) is 23.2 Å². The summed E-state index contributed by atoms with van der Waals surface area (Å²) in [5.74, 6) is -0.0636. The first-order valence-corrected chi connectivity index (χ1v) is 6.81. The Morgan fingerprint density at radius 1 is 1.15 bits per heavy atom. The highest BCUT2D eigenvalue weighted by Gasteiger charge is 2.02. The number of anilines is 1. The molecule has 0 unspecified atom stereocenters. The van der Waals surface area contributed by atoms with E-state index < -0.39 is 0 Å². The van der Waals surface area contributed by atoms with Crippen molar-refractivity contribution in [2.75, 3.05) is 5.32 Å². The molecule has 0 aliphatic carbocycles. The molecular formula is C16H13Cl2NO. The van der Waals surface area contributed by atoms with Crippen molar-refractivity contribution in [2.24, 2.45) is 0 Å². The summed E-state index contributed by atoms with van der Waals surface area (Å²) in [5.41, 5.74) is 2.41. The van der Waals surface area contributed by atoms with E-state index in [0.29, 0.717) is 21.3 Å². The van der Waals surface area contributed by atoms with Crippen molar-refractivity contribution < 1.29 is 4.79 Å². The maximum atomic E-state index is 11.9. The molecule has 0 saturated heterocycles. The second-order valence-corrected chi connectivity index (χ2v) is 5.18. The number of carbonyl (C=O) groups is 1. The first-order chi connectivity index (χ1) is 9.56. The van der Waals surface area contributed by atoms with Crippen LogP contribution in [-0.4, -0.2) is 5.78 Å². The van der Waals surface area contributed by atoms with Crippen molar-refractivity contribution in [3.63, 3.8) is 0 Å². The van der Waals surface area contributed by atoms with Crippen LogP contribution in [0.25, 0.3) is 0 Å². The monoisotopic (exact) mass is 305 g/mol. The summed E-state index contributed by atoms with van der Waals surface area (Å²) in [7, 11) is 0. The molecule has 0 spiro atoms. The lowest BCUT2D eigenvalue weighted by atomic mass is 10.1. The topological polar surface area (TPSA) is 29.1 Å². The Bertz CT molecular complexity index is 665. The number of halogens is 2. The van der Waals surface area contributed by atoms with Gasteiger partial charge in [0.25, 0.3) is 0 Å². The van der Waals surface area contributed by atoms with Gasteiger partial charge in [0.1, 0.15) is 0 Å². The van der Waals surface area contributed by atoms with Gasteiger partial charge in [-0.1, -0.05) is 47.0 Å². The zero-order chi connectivity index (χ0) is 14.5. The molecule has 0 aliphatic rings. The highest BCUT2D eigenvalue weighted by molar-refractivity contribution is 6.36. The van der Waals surface area contributed by atoms with Crippen LogP contribution in [-0.2, 0) is 0 Å². The van der Waals surface area contributed by atoms with E-state index in [-0.39, 0.29) is 5.78 Å². The predicted molar refractivity (Wildman–Crippen MR) is 84.7 cm³/mol. The SMILES string of the molecule is Cc1cccc(C(=O)/C=C\Nc2ccc(Cl)cc2Cl)c1. The Kier molecular flexibility index (Phi) is 4.83. The van der Waals surface area contributed by atoms with Crippen LogP contribution >= 0.6 is 23.2 Å². The molecular weight excluding hydrogens is 293 g/mol. The number of rotatable bonds is 4. The van der Waals surface area contributed by atoms with E-state index in [9.17, 15) is 4.79 Å². The van der Waals surface area contributed by atoms with E-state index in [2.05, 4.69) is 5.32 Å². The molecule has 2 nitrogen and oxygen atoms in total. The van der Waals surface area contributed by atoms with Crippen molar-refractivity contribution in [1.82, 2.24) is 0 Å². The summed E-state index contributed by atoms with van der Waals surface area (Å²) in [6, 6.07) is 12.6. The Hall–Kier alpha value is -1.77. The van der Waals surface area contributed by atoms with E-state index >= 15 is 0 Å². The number of benzene rings is 2. The molecule has 0 saturated carbocycles. The first kappa shape index (κ1) is 14.6. The third-order valence-electron chi connectivity index (χ3n) is 2.71. The summed E-state index contributed by atoms with van der Waals surface area (Å²) < 4.78 is 0. The van der Waals surface area contributed by atoms with E-state index in [1.807, 2.05) is 25.1 Å². The van der Waals surface area contributed by atoms with Crippen molar-refractivity contribution in [2.45, 2.75) is 6.92 Å². The van der Waals surface area contributed by atoms with Crippen molar-refractivity contribution in [1.29, 1.82) is 0 Å². The van der Waals surface area contributed by atoms with E-state index in [0.717, 1.165) is 5.56 Å². The molecule has 2 rings (SSSR count). The summed E-state index contributed by atoms with van der Waals surface area (Å²) in [5, 5.41) is 4.04. The van der Waals surface area contributed by atoms with Gasteiger partial charge in [0.15, 0.2) is 5.78 Å². The fraction of sp³-hybridized carbons (Fsp3) is 0.0625. The third kappa shape index (κ3) is 3.86. The van der Waals surface area contributed by atoms with Crippen molar-refractivity contribution in [3.8, 4) is 0 Å². The van der Waals surface area contributed by atoms with Crippen LogP contribution in [0.3, 0.4) is 0 Å². The van der Waals surface area contributed by atoms with Gasteiger partial charge in [-0.25, -0.2) is 0 Å². The van der Waals surface area contributed by atoms with Gasteiger partial charge in [0, 0.05) is 22.9 Å². The molecule has 4 heteroatoms. The fourth-order valence-corrected chi connectivity index (χ4v) is 2.17. The molecule has 0 aromatic heterocycles. The molecule has 0 fully saturated rings. The van der Waals surface area contributed by atoms with Gasteiger partial charge in [0.2, 0.25) is 0 Å². The lowest BCUT2D eigenvalue weighted by Crippen LogP contribution is -1.96. The number of aryl methyl sites for hydroxylation is 1. The van der Waals surface area contributed by atoms with Gasteiger partial charge in [0.05, 0.1) is 10.7 Å². The van der Waals surface area contributed by atoms with Gasteiger partial charge in [-0.05, 0) is 31.2 Å². The Morgan fingerprint density at radius 3 is 2.65 bits per heavy atom. The Labute approximate surface area is 128 Å². The molecule has 0 aliphatic heterocycles. The fourth-order valence-electron chi connectivity index (χ4n) is 1.71. The number of nitrogens with one attached hydrogen (secondary N) is 1. The molecule has 0 radical (unpaired) electrons. The quantitative estimate of drug-likeness (QED) is 0.628. The second kappa shape index (κ2) is 6.60. The molecule has 0 amide bonds. The van der Waals surface area contributed by atoms with Crippen molar-refractivity contribution in [3.05, 3.63) is 75.9 Å². The van der Waals surface area contributed by atoms with Gasteiger partial charge < -0.3 is 5.32 Å². The van der Waals surface area contributed by atoms with Gasteiger partial charge in [-0.2, -0.15) is 0 Å². The normalized spacial score (nSPS) is 10.8. The molecule has 2 aromatic carbocycles. The molecule has 0 atom stereocenters. The number of allylic oxidation sites excluding steroid dienone is 1. The number of hydrogen-bond donors (Lipinski definition) is 1. The van der Waals surface area contributed by atoms with Crippen LogP contribution in [0, 0.1) is 6.92 Å². The zero-order valence-electron chi connectivity index (χ0n) is 10.9. The van der Waals surface area contributed by atoms with Crippen LogP contribution in [0.15, 0.2) is 54.7 Å². The third-order valence-corrected chi connectivity index (χ3v) is 3.26. The number of ketones is 1. The van der Waals surface area contributed by atoms with E-state index in [1.165, 1.54) is 6.08 Å². The highest BCUT2D eigenvalue weighted by atomic mass is 35.5. The maximum absolute atomic E-state index is 11.9. The standard InChI is InChI=1S/C16H13Cl2NO/c1-11-3-2-4-12(9-11)16(20)7-8-19-15-6-5-13(17)10-14(15)18/h2-10,19H,1H3/b8-7-. The molecule has 0 heterocycles. The molecule has 1 N–H and O–H groups in total. The Balaban J connectivity index is 2.05. The summed E-state index contributed by atoms with van der Waals surface area (Å²) in [4.78, 5) is 11.9. The average molecular weight is 306 g/mol. The average Bonchev–Trinajstić information content (AvgIpc) is 2.41. The highest BCUT2D eigenvalue weighted by Crippen LogP contribution is 2.25. The van der Waals surface area contributed by atoms with Crippen LogP contribution in [0.5, 0.6) is 0 Å². The summed E-state index contributed by atoms with van der Waals surface area (Å²) in [6.45, 7) is 1.95. The first-order valence-electron chi connectivity index (χ1n) is 6.05. The van der Waals surface area contributed by atoms with Crippen LogP contribution in [0.2, 0.25) is 10.0 Å². The van der Waals surface area contributed by atoms with Crippen LogP contribution in [0.4, 0.5) is 5.69 Å². The number of carbonyl (C=O) groups excluding carboxylic acids is 1. The van der Waals surface area contributed by atoms with Crippen LogP contribution < -0.4 is 5.32 Å². The minimum Gasteiger partial charge on any atom is -0.360 e. The lowest BCUT2D eigenvalue weighted by molar-refractivity contribution is 0.104. The zero-order valence-corrected chi connectivity index (χ0v) is 12.4.